The summed E-state index contributed by atoms with van der Waals surface area (Å²) >= 11 is 0. The Morgan fingerprint density at radius 3 is 2.45 bits per heavy atom. The van der Waals surface area contributed by atoms with Gasteiger partial charge in [0.2, 0.25) is 0 Å². The predicted molar refractivity (Wildman–Crippen MR) is 123 cm³/mol. The molecule has 33 heavy (non-hydrogen) atoms. The summed E-state index contributed by atoms with van der Waals surface area (Å²) in [6.07, 6.45) is 6.18. The number of carbonyl (C=O) groups is 1. The van der Waals surface area contributed by atoms with Crippen LogP contribution < -0.4 is 5.32 Å². The molecule has 0 radical (unpaired) electrons. The van der Waals surface area contributed by atoms with Crippen molar-refractivity contribution in [1.82, 2.24) is 14.5 Å². The fourth-order valence-corrected chi connectivity index (χ4v) is 4.33. The Bertz CT molecular complexity index is 1290. The standard InChI is InChI=1S/C26H22F2N4O/c27-18-14-12-17(13-15-18)24-25(32(16-29-24)19-6-1-2-7-19)22-10-5-11-23(30-22)26(33)31-21-9-4-3-8-20(21)28/h3-5,8-16,19H,1-2,6-7H2,(H,31,33). The van der Waals surface area contributed by atoms with E-state index in [0.717, 1.165) is 36.9 Å². The quantitative estimate of drug-likeness (QED) is 0.395. The lowest BCUT2D eigenvalue weighted by Gasteiger charge is -2.16. The Hall–Kier alpha value is -3.87. The van der Waals surface area contributed by atoms with Gasteiger partial charge in [-0.15, -0.1) is 0 Å². The van der Waals surface area contributed by atoms with Crippen LogP contribution in [0.3, 0.4) is 0 Å². The first-order valence-electron chi connectivity index (χ1n) is 11.0. The molecule has 0 unspecified atom stereocenters. The molecule has 4 aromatic rings. The van der Waals surface area contributed by atoms with Crippen LogP contribution >= 0.6 is 0 Å². The number of aromatic nitrogens is 3. The van der Waals surface area contributed by atoms with Gasteiger partial charge in [0, 0.05) is 11.6 Å². The number of para-hydroxylation sites is 1. The van der Waals surface area contributed by atoms with Crippen LogP contribution in [0.15, 0.2) is 73.1 Å². The van der Waals surface area contributed by atoms with Gasteiger partial charge in [0.05, 0.1) is 29.1 Å². The van der Waals surface area contributed by atoms with Crippen LogP contribution in [0.25, 0.3) is 22.6 Å². The second-order valence-corrected chi connectivity index (χ2v) is 8.14. The van der Waals surface area contributed by atoms with Crippen LogP contribution in [0.5, 0.6) is 0 Å². The first-order valence-corrected chi connectivity index (χ1v) is 11.0. The largest absolute Gasteiger partial charge is 0.326 e. The maximum atomic E-state index is 14.0. The lowest BCUT2D eigenvalue weighted by molar-refractivity contribution is 0.102. The number of anilines is 1. The number of carbonyl (C=O) groups excluding carboxylic acids is 1. The van der Waals surface area contributed by atoms with Crippen molar-refractivity contribution in [2.24, 2.45) is 0 Å². The van der Waals surface area contributed by atoms with E-state index in [-0.39, 0.29) is 17.2 Å². The molecule has 0 saturated heterocycles. The minimum Gasteiger partial charge on any atom is -0.326 e. The molecule has 2 aromatic carbocycles. The topological polar surface area (TPSA) is 59.8 Å². The SMILES string of the molecule is O=C(Nc1ccccc1F)c1cccc(-c2c(-c3ccc(F)cc3)ncn2C2CCCC2)n1. The number of benzene rings is 2. The minimum absolute atomic E-state index is 0.0951. The molecular weight excluding hydrogens is 422 g/mol. The molecular formula is C26H22F2N4O. The van der Waals surface area contributed by atoms with Crippen LogP contribution in [0.2, 0.25) is 0 Å². The smallest absolute Gasteiger partial charge is 0.274 e. The highest BCUT2D eigenvalue weighted by atomic mass is 19.1. The van der Waals surface area contributed by atoms with E-state index in [1.165, 1.54) is 24.3 Å². The molecule has 166 valence electrons. The zero-order chi connectivity index (χ0) is 22.8. The first kappa shape index (κ1) is 21.0. The molecule has 0 aliphatic heterocycles. The van der Waals surface area contributed by atoms with E-state index in [1.54, 1.807) is 42.7 Å². The molecule has 1 N–H and O–H groups in total. The monoisotopic (exact) mass is 444 g/mol. The highest BCUT2D eigenvalue weighted by Crippen LogP contribution is 2.37. The molecule has 0 bridgehead atoms. The third kappa shape index (κ3) is 4.26. The molecule has 0 atom stereocenters. The van der Waals surface area contributed by atoms with Crippen molar-refractivity contribution in [1.29, 1.82) is 0 Å². The Morgan fingerprint density at radius 2 is 1.70 bits per heavy atom. The summed E-state index contributed by atoms with van der Waals surface area (Å²) in [5.41, 5.74) is 3.08. The highest BCUT2D eigenvalue weighted by molar-refractivity contribution is 6.03. The number of nitrogens with one attached hydrogen (secondary N) is 1. The van der Waals surface area contributed by atoms with Crippen molar-refractivity contribution >= 4 is 11.6 Å². The fourth-order valence-electron chi connectivity index (χ4n) is 4.33. The molecule has 2 heterocycles. The van der Waals surface area contributed by atoms with Gasteiger partial charge in [-0.3, -0.25) is 4.79 Å². The van der Waals surface area contributed by atoms with E-state index >= 15 is 0 Å². The van der Waals surface area contributed by atoms with Crippen LogP contribution in [-0.4, -0.2) is 20.4 Å². The van der Waals surface area contributed by atoms with Gasteiger partial charge >= 0.3 is 0 Å². The number of pyridine rings is 1. The summed E-state index contributed by atoms with van der Waals surface area (Å²) in [6.45, 7) is 0. The lowest BCUT2D eigenvalue weighted by Crippen LogP contribution is -2.15. The molecule has 5 rings (SSSR count). The van der Waals surface area contributed by atoms with Gasteiger partial charge < -0.3 is 9.88 Å². The maximum Gasteiger partial charge on any atom is 0.274 e. The first-order chi connectivity index (χ1) is 16.1. The molecule has 1 saturated carbocycles. The van der Waals surface area contributed by atoms with Gasteiger partial charge in [-0.1, -0.05) is 31.0 Å². The predicted octanol–water partition coefficient (Wildman–Crippen LogP) is 6.26. The molecule has 1 aliphatic carbocycles. The number of halogens is 2. The van der Waals surface area contributed by atoms with Crippen LogP contribution in [0.4, 0.5) is 14.5 Å². The number of hydrogen-bond donors (Lipinski definition) is 1. The third-order valence-electron chi connectivity index (χ3n) is 5.98. The number of imidazole rings is 1. The van der Waals surface area contributed by atoms with Gasteiger partial charge in [-0.05, 0) is 61.4 Å². The second-order valence-electron chi connectivity index (χ2n) is 8.14. The molecule has 5 nitrogen and oxygen atoms in total. The summed E-state index contributed by atoms with van der Waals surface area (Å²) in [5.74, 6) is -1.34. The minimum atomic E-state index is -0.514. The molecule has 2 aromatic heterocycles. The van der Waals surface area contributed by atoms with Crippen molar-refractivity contribution in [3.05, 3.63) is 90.4 Å². The average molecular weight is 444 g/mol. The Labute approximate surface area is 190 Å². The lowest BCUT2D eigenvalue weighted by atomic mass is 10.1. The molecule has 1 aliphatic rings. The van der Waals surface area contributed by atoms with E-state index in [9.17, 15) is 13.6 Å². The third-order valence-corrected chi connectivity index (χ3v) is 5.98. The van der Waals surface area contributed by atoms with Crippen LogP contribution in [-0.2, 0) is 0 Å². The van der Waals surface area contributed by atoms with Gasteiger partial charge in [0.25, 0.3) is 5.91 Å². The fraction of sp³-hybridized carbons (Fsp3) is 0.192. The molecule has 0 spiro atoms. The van der Waals surface area contributed by atoms with Crippen molar-refractivity contribution in [2.45, 2.75) is 31.7 Å². The van der Waals surface area contributed by atoms with Gasteiger partial charge in [-0.25, -0.2) is 18.7 Å². The second kappa shape index (κ2) is 8.94. The van der Waals surface area contributed by atoms with Crippen molar-refractivity contribution < 1.29 is 13.6 Å². The summed E-state index contributed by atoms with van der Waals surface area (Å²) in [5, 5.41) is 2.58. The van der Waals surface area contributed by atoms with Gasteiger partial charge in [-0.2, -0.15) is 0 Å². The van der Waals surface area contributed by atoms with Crippen molar-refractivity contribution in [3.63, 3.8) is 0 Å². The van der Waals surface area contributed by atoms with E-state index in [0.29, 0.717) is 17.4 Å². The van der Waals surface area contributed by atoms with E-state index in [4.69, 9.17) is 0 Å². The molecule has 1 fully saturated rings. The summed E-state index contributed by atoms with van der Waals surface area (Å²) in [4.78, 5) is 22.1. The number of hydrogen-bond acceptors (Lipinski definition) is 3. The maximum absolute atomic E-state index is 14.0. The zero-order valence-corrected chi connectivity index (χ0v) is 17.8. The van der Waals surface area contributed by atoms with Gasteiger partial charge in [0.15, 0.2) is 0 Å². The molecule has 7 heteroatoms. The normalized spacial score (nSPS) is 13.9. The average Bonchev–Trinajstić information content (AvgIpc) is 3.51. The number of nitrogens with zero attached hydrogens (tertiary/aromatic N) is 3. The van der Waals surface area contributed by atoms with Crippen molar-refractivity contribution in [3.8, 4) is 22.6 Å². The summed E-state index contributed by atoms with van der Waals surface area (Å²) < 4.78 is 29.6. The van der Waals surface area contributed by atoms with Crippen LogP contribution in [0, 0.1) is 11.6 Å². The van der Waals surface area contributed by atoms with E-state index in [2.05, 4.69) is 19.9 Å². The number of amides is 1. The Kier molecular flexibility index (Phi) is 5.69. The van der Waals surface area contributed by atoms with E-state index in [1.807, 2.05) is 6.07 Å². The summed E-state index contributed by atoms with van der Waals surface area (Å²) in [7, 11) is 0. The highest BCUT2D eigenvalue weighted by Gasteiger charge is 2.24. The Morgan fingerprint density at radius 1 is 0.939 bits per heavy atom. The Balaban J connectivity index is 1.55. The van der Waals surface area contributed by atoms with Crippen molar-refractivity contribution in [2.75, 3.05) is 5.32 Å². The van der Waals surface area contributed by atoms with Crippen LogP contribution in [0.1, 0.15) is 42.2 Å². The van der Waals surface area contributed by atoms with Gasteiger partial charge in [0.1, 0.15) is 17.3 Å². The van der Waals surface area contributed by atoms with E-state index < -0.39 is 11.7 Å². The summed E-state index contributed by atoms with van der Waals surface area (Å²) in [6, 6.07) is 17.6. The number of rotatable bonds is 5. The molecule has 1 amide bonds. The zero-order valence-electron chi connectivity index (χ0n) is 17.8.